The van der Waals surface area contributed by atoms with Crippen LogP contribution < -0.4 is 5.43 Å². The summed E-state index contributed by atoms with van der Waals surface area (Å²) in [4.78, 5) is 12.3. The van der Waals surface area contributed by atoms with Gasteiger partial charge in [0.15, 0.2) is 0 Å². The average molecular weight is 284 g/mol. The van der Waals surface area contributed by atoms with Crippen molar-refractivity contribution in [1.29, 1.82) is 0 Å². The fourth-order valence-corrected chi connectivity index (χ4v) is 3.92. The molecule has 3 aliphatic rings. The minimum absolute atomic E-state index is 0.0869. The number of phenols is 1. The van der Waals surface area contributed by atoms with E-state index >= 15 is 0 Å². The monoisotopic (exact) mass is 284 g/mol. The Balaban J connectivity index is 1.35. The number of carbonyl (C=O) groups is 1. The van der Waals surface area contributed by atoms with E-state index in [1.165, 1.54) is 25.7 Å². The lowest BCUT2D eigenvalue weighted by Gasteiger charge is -2.14. The second kappa shape index (κ2) is 4.58. The van der Waals surface area contributed by atoms with Gasteiger partial charge in [-0.3, -0.25) is 4.79 Å². The molecule has 4 nitrogen and oxygen atoms in total. The molecule has 0 aromatic heterocycles. The van der Waals surface area contributed by atoms with Crippen LogP contribution in [0.5, 0.6) is 5.75 Å². The number of carbonyl (C=O) groups excluding carboxylic acids is 1. The molecule has 21 heavy (non-hydrogen) atoms. The molecule has 1 aromatic carbocycles. The summed E-state index contributed by atoms with van der Waals surface area (Å²) >= 11 is 0. The first-order valence-electron chi connectivity index (χ1n) is 7.82. The van der Waals surface area contributed by atoms with E-state index in [-0.39, 0.29) is 17.6 Å². The Kier molecular flexibility index (Phi) is 2.81. The molecule has 1 amide bonds. The maximum atomic E-state index is 12.3. The first kappa shape index (κ1) is 12.9. The van der Waals surface area contributed by atoms with Crippen LogP contribution in [0.3, 0.4) is 0 Å². The van der Waals surface area contributed by atoms with Crippen LogP contribution in [0.4, 0.5) is 0 Å². The van der Waals surface area contributed by atoms with Crippen molar-refractivity contribution in [3.05, 3.63) is 29.8 Å². The second-order valence-corrected chi connectivity index (χ2v) is 6.74. The molecule has 4 heteroatoms. The minimum Gasteiger partial charge on any atom is -0.508 e. The van der Waals surface area contributed by atoms with Crippen molar-refractivity contribution in [2.24, 2.45) is 28.3 Å². The van der Waals surface area contributed by atoms with Crippen LogP contribution in [0, 0.1) is 23.2 Å². The van der Waals surface area contributed by atoms with Gasteiger partial charge in [0.25, 0.3) is 0 Å². The summed E-state index contributed by atoms with van der Waals surface area (Å²) in [6, 6.07) is 6.74. The third kappa shape index (κ3) is 2.33. The number of nitrogens with one attached hydrogen (secondary N) is 1. The highest BCUT2D eigenvalue weighted by molar-refractivity contribution is 5.85. The molecule has 1 unspecified atom stereocenters. The van der Waals surface area contributed by atoms with E-state index in [0.717, 1.165) is 23.8 Å². The number of nitrogens with zero attached hydrogens (tertiary/aromatic N) is 1. The molecule has 1 aromatic rings. The summed E-state index contributed by atoms with van der Waals surface area (Å²) in [5.41, 5.74) is 3.90. The quantitative estimate of drug-likeness (QED) is 0.645. The van der Waals surface area contributed by atoms with Crippen molar-refractivity contribution in [3.63, 3.8) is 0 Å². The van der Waals surface area contributed by atoms with Gasteiger partial charge in [-0.25, -0.2) is 5.43 Å². The Morgan fingerprint density at radius 3 is 2.38 bits per heavy atom. The van der Waals surface area contributed by atoms with Crippen LogP contribution in [-0.4, -0.2) is 17.2 Å². The number of rotatable bonds is 5. The van der Waals surface area contributed by atoms with Gasteiger partial charge in [-0.1, -0.05) is 0 Å². The van der Waals surface area contributed by atoms with E-state index in [2.05, 4.69) is 10.5 Å². The highest BCUT2D eigenvalue weighted by Crippen LogP contribution is 2.74. The van der Waals surface area contributed by atoms with Crippen molar-refractivity contribution in [1.82, 2.24) is 5.43 Å². The zero-order valence-corrected chi connectivity index (χ0v) is 12.0. The van der Waals surface area contributed by atoms with Gasteiger partial charge in [-0.2, -0.15) is 5.10 Å². The number of hydrogen-bond donors (Lipinski definition) is 2. The average Bonchev–Trinajstić information content (AvgIpc) is 3.34. The van der Waals surface area contributed by atoms with Gasteiger partial charge in [-0.15, -0.1) is 0 Å². The third-order valence-corrected chi connectivity index (χ3v) is 5.32. The zero-order chi connectivity index (χ0) is 14.4. The Labute approximate surface area is 124 Å². The highest BCUT2D eigenvalue weighted by atomic mass is 16.3. The van der Waals surface area contributed by atoms with Gasteiger partial charge in [-0.05, 0) is 79.2 Å². The number of hydrazone groups is 1. The first-order chi connectivity index (χ1) is 10.2. The van der Waals surface area contributed by atoms with E-state index in [1.807, 2.05) is 0 Å². The Morgan fingerprint density at radius 1 is 1.19 bits per heavy atom. The minimum atomic E-state index is 0.0869. The molecule has 4 rings (SSSR count). The van der Waals surface area contributed by atoms with Gasteiger partial charge < -0.3 is 5.11 Å². The molecule has 2 N–H and O–H groups in total. The van der Waals surface area contributed by atoms with Crippen molar-refractivity contribution in [2.75, 3.05) is 0 Å². The number of amides is 1. The highest BCUT2D eigenvalue weighted by Gasteiger charge is 2.70. The molecule has 3 fully saturated rings. The Hall–Kier alpha value is -1.84. The summed E-state index contributed by atoms with van der Waals surface area (Å²) in [5.74, 6) is 2.12. The molecular weight excluding hydrogens is 264 g/mol. The fourth-order valence-electron chi connectivity index (χ4n) is 3.92. The van der Waals surface area contributed by atoms with Gasteiger partial charge >= 0.3 is 0 Å². The Morgan fingerprint density at radius 2 is 1.81 bits per heavy atom. The van der Waals surface area contributed by atoms with E-state index < -0.39 is 0 Å². The van der Waals surface area contributed by atoms with E-state index in [4.69, 9.17) is 0 Å². The van der Waals surface area contributed by atoms with E-state index in [1.54, 1.807) is 30.5 Å². The van der Waals surface area contributed by atoms with Gasteiger partial charge in [0.2, 0.25) is 5.91 Å². The van der Waals surface area contributed by atoms with E-state index in [9.17, 15) is 9.90 Å². The SMILES string of the molecule is O=C(N/N=C/c1ccc(O)cc1)C1CC1(C1CC1)C1CC1. The predicted octanol–water partition coefficient (Wildman–Crippen LogP) is 2.67. The second-order valence-electron chi connectivity index (χ2n) is 6.74. The Bertz CT molecular complexity index is 573. The summed E-state index contributed by atoms with van der Waals surface area (Å²) in [6.07, 6.45) is 7.96. The molecule has 1 atom stereocenters. The molecule has 3 saturated carbocycles. The molecule has 0 saturated heterocycles. The number of hydrogen-bond acceptors (Lipinski definition) is 3. The fraction of sp³-hybridized carbons (Fsp3) is 0.529. The molecule has 3 aliphatic carbocycles. The lowest BCUT2D eigenvalue weighted by Crippen LogP contribution is -2.25. The zero-order valence-electron chi connectivity index (χ0n) is 12.0. The van der Waals surface area contributed by atoms with Crippen LogP contribution in [0.2, 0.25) is 0 Å². The van der Waals surface area contributed by atoms with Crippen LogP contribution >= 0.6 is 0 Å². The van der Waals surface area contributed by atoms with Crippen LogP contribution in [0.1, 0.15) is 37.7 Å². The summed E-state index contributed by atoms with van der Waals surface area (Å²) in [6.45, 7) is 0. The maximum absolute atomic E-state index is 12.3. The molecule has 0 radical (unpaired) electrons. The van der Waals surface area contributed by atoms with Crippen LogP contribution in [0.25, 0.3) is 0 Å². The molecule has 0 heterocycles. The maximum Gasteiger partial charge on any atom is 0.243 e. The molecule has 110 valence electrons. The smallest absolute Gasteiger partial charge is 0.243 e. The van der Waals surface area contributed by atoms with Crippen LogP contribution in [-0.2, 0) is 4.79 Å². The van der Waals surface area contributed by atoms with E-state index in [0.29, 0.717) is 5.41 Å². The molecule has 0 aliphatic heterocycles. The molecular formula is C17H20N2O2. The van der Waals surface area contributed by atoms with Crippen molar-refractivity contribution in [3.8, 4) is 5.75 Å². The first-order valence-corrected chi connectivity index (χ1v) is 7.82. The molecule has 0 bridgehead atoms. The summed E-state index contributed by atoms with van der Waals surface area (Å²) < 4.78 is 0. The summed E-state index contributed by atoms with van der Waals surface area (Å²) in [7, 11) is 0. The summed E-state index contributed by atoms with van der Waals surface area (Å²) in [5, 5.41) is 13.3. The third-order valence-electron chi connectivity index (χ3n) is 5.32. The number of aromatic hydroxyl groups is 1. The van der Waals surface area contributed by atoms with Crippen LogP contribution in [0.15, 0.2) is 29.4 Å². The largest absolute Gasteiger partial charge is 0.508 e. The van der Waals surface area contributed by atoms with Crippen molar-refractivity contribution >= 4 is 12.1 Å². The van der Waals surface area contributed by atoms with Crippen molar-refractivity contribution < 1.29 is 9.90 Å². The standard InChI is InChI=1S/C17H20N2O2/c20-14-7-1-11(2-8-14)10-18-19-16(21)15-9-17(15,12-3-4-12)13-5-6-13/h1-2,7-8,10,12-13,15,20H,3-6,9H2,(H,19,21)/b18-10+. The number of benzene rings is 1. The van der Waals surface area contributed by atoms with Gasteiger partial charge in [0.1, 0.15) is 5.75 Å². The number of phenolic OH excluding ortho intramolecular Hbond substituents is 1. The topological polar surface area (TPSA) is 61.7 Å². The van der Waals surface area contributed by atoms with Gasteiger partial charge in [0, 0.05) is 5.92 Å². The lowest BCUT2D eigenvalue weighted by molar-refractivity contribution is -0.123. The van der Waals surface area contributed by atoms with Crippen molar-refractivity contribution in [2.45, 2.75) is 32.1 Å². The normalized spacial score (nSPS) is 26.8. The van der Waals surface area contributed by atoms with Gasteiger partial charge in [0.05, 0.1) is 6.21 Å². The lowest BCUT2D eigenvalue weighted by atomic mass is 9.91. The molecule has 0 spiro atoms. The predicted molar refractivity (Wildman–Crippen MR) is 79.8 cm³/mol.